The van der Waals surface area contributed by atoms with Crippen molar-refractivity contribution in [3.05, 3.63) is 72.1 Å². The number of pyridine rings is 1. The summed E-state index contributed by atoms with van der Waals surface area (Å²) < 4.78 is 5.77. The maximum absolute atomic E-state index is 5.77. The van der Waals surface area contributed by atoms with Gasteiger partial charge in [-0.25, -0.2) is 4.99 Å². The van der Waals surface area contributed by atoms with Gasteiger partial charge in [0.2, 0.25) is 0 Å². The molecule has 2 aromatic rings. The Morgan fingerprint density at radius 1 is 1.15 bits per heavy atom. The predicted molar refractivity (Wildman–Crippen MR) is 105 cm³/mol. The SMILES string of the molecule is CCNC(=NCc1ccc(OCc2ccccn2)cc1)NC1CC=CC1. The van der Waals surface area contributed by atoms with Crippen LogP contribution in [0.3, 0.4) is 0 Å². The van der Waals surface area contributed by atoms with E-state index < -0.39 is 0 Å². The van der Waals surface area contributed by atoms with E-state index in [9.17, 15) is 0 Å². The molecule has 1 aliphatic carbocycles. The molecule has 0 spiro atoms. The summed E-state index contributed by atoms with van der Waals surface area (Å²) in [7, 11) is 0. The van der Waals surface area contributed by atoms with Crippen LogP contribution in [0.1, 0.15) is 31.0 Å². The lowest BCUT2D eigenvalue weighted by atomic mass is 10.2. The molecule has 3 rings (SSSR count). The number of nitrogens with zero attached hydrogens (tertiary/aromatic N) is 2. The summed E-state index contributed by atoms with van der Waals surface area (Å²) in [5, 5.41) is 6.79. The lowest BCUT2D eigenvalue weighted by Gasteiger charge is -2.16. The Hall–Kier alpha value is -2.82. The molecule has 0 unspecified atom stereocenters. The molecule has 1 aromatic carbocycles. The molecule has 0 fully saturated rings. The molecule has 0 aliphatic heterocycles. The molecule has 26 heavy (non-hydrogen) atoms. The van der Waals surface area contributed by atoms with Crippen LogP contribution in [0.25, 0.3) is 0 Å². The van der Waals surface area contributed by atoms with Gasteiger partial charge in [-0.2, -0.15) is 0 Å². The summed E-state index contributed by atoms with van der Waals surface area (Å²) in [6, 6.07) is 14.3. The van der Waals surface area contributed by atoms with E-state index in [-0.39, 0.29) is 0 Å². The van der Waals surface area contributed by atoms with Crippen LogP contribution in [0, 0.1) is 0 Å². The van der Waals surface area contributed by atoms with Crippen molar-refractivity contribution in [2.24, 2.45) is 4.99 Å². The average Bonchev–Trinajstić information content (AvgIpc) is 3.19. The standard InChI is InChI=1S/C21H26N4O/c1-2-22-21(25-18-7-3-4-8-18)24-15-17-10-12-20(13-11-17)26-16-19-9-5-6-14-23-19/h3-6,9-14,18H,2,7-8,15-16H2,1H3,(H2,22,24,25). The molecular formula is C21H26N4O. The topological polar surface area (TPSA) is 58.5 Å². The van der Waals surface area contributed by atoms with Gasteiger partial charge in [-0.15, -0.1) is 0 Å². The van der Waals surface area contributed by atoms with Crippen molar-refractivity contribution in [1.29, 1.82) is 0 Å². The first-order valence-electron chi connectivity index (χ1n) is 9.15. The third-order valence-corrected chi connectivity index (χ3v) is 4.15. The molecule has 0 saturated heterocycles. The smallest absolute Gasteiger partial charge is 0.191 e. The second-order valence-corrected chi connectivity index (χ2v) is 6.23. The van der Waals surface area contributed by atoms with E-state index in [1.165, 1.54) is 0 Å². The van der Waals surface area contributed by atoms with Gasteiger partial charge in [0, 0.05) is 18.8 Å². The second kappa shape index (κ2) is 9.61. The zero-order valence-electron chi connectivity index (χ0n) is 15.2. The quantitative estimate of drug-likeness (QED) is 0.456. The molecule has 136 valence electrons. The summed E-state index contributed by atoms with van der Waals surface area (Å²) in [5.41, 5.74) is 2.07. The lowest BCUT2D eigenvalue weighted by Crippen LogP contribution is -2.42. The first kappa shape index (κ1) is 18.0. The van der Waals surface area contributed by atoms with Crippen LogP contribution in [-0.2, 0) is 13.2 Å². The van der Waals surface area contributed by atoms with Gasteiger partial charge in [0.05, 0.1) is 12.2 Å². The molecule has 5 heteroatoms. The molecule has 0 atom stereocenters. The third-order valence-electron chi connectivity index (χ3n) is 4.15. The Morgan fingerprint density at radius 3 is 2.65 bits per heavy atom. The Labute approximate surface area is 155 Å². The monoisotopic (exact) mass is 350 g/mol. The number of guanidine groups is 1. The highest BCUT2D eigenvalue weighted by Gasteiger charge is 2.11. The molecule has 1 aromatic heterocycles. The predicted octanol–water partition coefficient (Wildman–Crippen LogP) is 3.43. The normalized spacial score (nSPS) is 14.4. The van der Waals surface area contributed by atoms with E-state index in [0.717, 1.165) is 42.4 Å². The van der Waals surface area contributed by atoms with E-state index in [1.54, 1.807) is 6.20 Å². The van der Waals surface area contributed by atoms with Crippen LogP contribution >= 0.6 is 0 Å². The van der Waals surface area contributed by atoms with Crippen LogP contribution in [0.2, 0.25) is 0 Å². The summed E-state index contributed by atoms with van der Waals surface area (Å²) in [4.78, 5) is 8.94. The van der Waals surface area contributed by atoms with Crippen LogP contribution in [0.4, 0.5) is 0 Å². The van der Waals surface area contributed by atoms with Gasteiger partial charge in [-0.05, 0) is 49.6 Å². The number of aliphatic imine (C=N–C) groups is 1. The Kier molecular flexibility index (Phi) is 6.65. The van der Waals surface area contributed by atoms with Crippen molar-refractivity contribution in [3.63, 3.8) is 0 Å². The summed E-state index contributed by atoms with van der Waals surface area (Å²) in [6.45, 7) is 4.04. The number of ether oxygens (including phenoxy) is 1. The van der Waals surface area contributed by atoms with E-state index in [0.29, 0.717) is 19.2 Å². The maximum atomic E-state index is 5.77. The van der Waals surface area contributed by atoms with Crippen LogP contribution in [-0.4, -0.2) is 23.5 Å². The third kappa shape index (κ3) is 5.62. The molecule has 0 radical (unpaired) electrons. The number of aromatic nitrogens is 1. The summed E-state index contributed by atoms with van der Waals surface area (Å²) in [5.74, 6) is 1.71. The number of hydrogen-bond donors (Lipinski definition) is 2. The minimum absolute atomic E-state index is 0.454. The number of hydrogen-bond acceptors (Lipinski definition) is 3. The minimum Gasteiger partial charge on any atom is -0.487 e. The fourth-order valence-electron chi connectivity index (χ4n) is 2.75. The van der Waals surface area contributed by atoms with Gasteiger partial charge in [-0.3, -0.25) is 4.98 Å². The number of nitrogens with one attached hydrogen (secondary N) is 2. The zero-order chi connectivity index (χ0) is 18.0. The van der Waals surface area contributed by atoms with Crippen molar-refractivity contribution < 1.29 is 4.74 Å². The van der Waals surface area contributed by atoms with Crippen molar-refractivity contribution in [1.82, 2.24) is 15.6 Å². The van der Waals surface area contributed by atoms with Crippen molar-refractivity contribution in [2.45, 2.75) is 39.0 Å². The first-order chi connectivity index (χ1) is 12.8. The van der Waals surface area contributed by atoms with Crippen molar-refractivity contribution >= 4 is 5.96 Å². The molecular weight excluding hydrogens is 324 g/mol. The van der Waals surface area contributed by atoms with E-state index in [1.807, 2.05) is 30.3 Å². The summed E-state index contributed by atoms with van der Waals surface area (Å²) >= 11 is 0. The van der Waals surface area contributed by atoms with Gasteiger partial charge in [0.25, 0.3) is 0 Å². The van der Waals surface area contributed by atoms with Gasteiger partial charge < -0.3 is 15.4 Å². The molecule has 1 aliphatic rings. The number of benzene rings is 1. The fourth-order valence-corrected chi connectivity index (χ4v) is 2.75. The van der Waals surface area contributed by atoms with E-state index in [2.05, 4.69) is 51.8 Å². The zero-order valence-corrected chi connectivity index (χ0v) is 15.2. The van der Waals surface area contributed by atoms with Crippen molar-refractivity contribution in [2.75, 3.05) is 6.54 Å². The highest BCUT2D eigenvalue weighted by atomic mass is 16.5. The highest BCUT2D eigenvalue weighted by Crippen LogP contribution is 2.14. The van der Waals surface area contributed by atoms with E-state index in [4.69, 9.17) is 4.74 Å². The van der Waals surface area contributed by atoms with Gasteiger partial charge in [0.15, 0.2) is 5.96 Å². The largest absolute Gasteiger partial charge is 0.487 e. The maximum Gasteiger partial charge on any atom is 0.191 e. The average molecular weight is 350 g/mol. The second-order valence-electron chi connectivity index (χ2n) is 6.23. The molecule has 0 bridgehead atoms. The molecule has 2 N–H and O–H groups in total. The molecule has 1 heterocycles. The Morgan fingerprint density at radius 2 is 1.96 bits per heavy atom. The summed E-state index contributed by atoms with van der Waals surface area (Å²) in [6.07, 6.45) is 8.33. The van der Waals surface area contributed by atoms with Gasteiger partial charge in [0.1, 0.15) is 12.4 Å². The molecule has 5 nitrogen and oxygen atoms in total. The van der Waals surface area contributed by atoms with Crippen LogP contribution in [0.15, 0.2) is 65.8 Å². The lowest BCUT2D eigenvalue weighted by molar-refractivity contribution is 0.301. The minimum atomic E-state index is 0.454. The Bertz CT molecular complexity index is 717. The van der Waals surface area contributed by atoms with Crippen LogP contribution in [0.5, 0.6) is 5.75 Å². The highest BCUT2D eigenvalue weighted by molar-refractivity contribution is 5.80. The molecule has 0 amide bonds. The van der Waals surface area contributed by atoms with Crippen molar-refractivity contribution in [3.8, 4) is 5.75 Å². The molecule has 0 saturated carbocycles. The fraction of sp³-hybridized carbons (Fsp3) is 0.333. The first-order valence-corrected chi connectivity index (χ1v) is 9.15. The Balaban J connectivity index is 1.51. The van der Waals surface area contributed by atoms with Gasteiger partial charge >= 0.3 is 0 Å². The van der Waals surface area contributed by atoms with Gasteiger partial charge in [-0.1, -0.05) is 30.4 Å². The number of rotatable bonds is 7. The van der Waals surface area contributed by atoms with E-state index >= 15 is 0 Å². The van der Waals surface area contributed by atoms with Crippen LogP contribution < -0.4 is 15.4 Å².